The lowest BCUT2D eigenvalue weighted by Crippen LogP contribution is -2.25. The van der Waals surface area contributed by atoms with Crippen LogP contribution in [0.5, 0.6) is 0 Å². The molecule has 1 aliphatic rings. The Balaban J connectivity index is 1.60. The molecule has 2 heterocycles. The Morgan fingerprint density at radius 2 is 2.00 bits per heavy atom. The number of benzene rings is 1. The number of aryl methyl sites for hydroxylation is 1. The summed E-state index contributed by atoms with van der Waals surface area (Å²) in [7, 11) is 0. The third-order valence-electron chi connectivity index (χ3n) is 4.67. The van der Waals surface area contributed by atoms with Crippen LogP contribution in [0.2, 0.25) is 0 Å². The highest BCUT2D eigenvalue weighted by atomic mass is 16.1. The molecule has 2 aromatic rings. The van der Waals surface area contributed by atoms with E-state index in [0.29, 0.717) is 12.2 Å². The van der Waals surface area contributed by atoms with Crippen LogP contribution in [0.3, 0.4) is 0 Å². The minimum Gasteiger partial charge on any atom is -0.371 e. The molecule has 0 saturated carbocycles. The summed E-state index contributed by atoms with van der Waals surface area (Å²) in [5.41, 5.74) is 3.58. The summed E-state index contributed by atoms with van der Waals surface area (Å²) in [6.07, 6.45) is 7.27. The van der Waals surface area contributed by atoms with Crippen molar-refractivity contribution in [1.82, 2.24) is 4.98 Å². The number of rotatable bonds is 4. The van der Waals surface area contributed by atoms with E-state index in [1.807, 2.05) is 18.5 Å². The molecule has 1 aromatic carbocycles. The lowest BCUT2D eigenvalue weighted by molar-refractivity contribution is -0.122. The van der Waals surface area contributed by atoms with Gasteiger partial charge in [-0.05, 0) is 43.9 Å². The summed E-state index contributed by atoms with van der Waals surface area (Å²) < 4.78 is 0. The van der Waals surface area contributed by atoms with Gasteiger partial charge in [-0.2, -0.15) is 0 Å². The number of nitrogens with zero attached hydrogens (tertiary/aromatic N) is 2. The Labute approximate surface area is 138 Å². The molecule has 1 aliphatic heterocycles. The van der Waals surface area contributed by atoms with Crippen molar-refractivity contribution in [3.63, 3.8) is 0 Å². The number of pyridine rings is 1. The van der Waals surface area contributed by atoms with Crippen LogP contribution in [0.4, 0.5) is 5.69 Å². The van der Waals surface area contributed by atoms with Gasteiger partial charge in [0.25, 0.3) is 0 Å². The topological polar surface area (TPSA) is 33.2 Å². The maximum absolute atomic E-state index is 12.6. The molecule has 120 valence electrons. The molecule has 3 heteroatoms. The van der Waals surface area contributed by atoms with Crippen LogP contribution in [0.1, 0.15) is 30.4 Å². The van der Waals surface area contributed by atoms with Crippen LogP contribution in [-0.4, -0.2) is 23.9 Å². The first kappa shape index (κ1) is 15.7. The number of aromatic nitrogens is 1. The quantitative estimate of drug-likeness (QED) is 0.861. The van der Waals surface area contributed by atoms with Gasteiger partial charge in [0.1, 0.15) is 5.78 Å². The molecule has 0 aliphatic carbocycles. The molecule has 0 spiro atoms. The van der Waals surface area contributed by atoms with Crippen molar-refractivity contribution in [2.75, 3.05) is 18.0 Å². The maximum atomic E-state index is 12.6. The Kier molecular flexibility index (Phi) is 5.06. The zero-order valence-electron chi connectivity index (χ0n) is 13.7. The zero-order chi connectivity index (χ0) is 16.1. The first-order chi connectivity index (χ1) is 11.2. The van der Waals surface area contributed by atoms with E-state index >= 15 is 0 Å². The van der Waals surface area contributed by atoms with Gasteiger partial charge in [0, 0.05) is 43.5 Å². The largest absolute Gasteiger partial charge is 0.371 e. The molecule has 0 amide bonds. The lowest BCUT2D eigenvalue weighted by Gasteiger charge is -2.22. The van der Waals surface area contributed by atoms with Crippen molar-refractivity contribution in [3.05, 3.63) is 59.9 Å². The molecule has 3 rings (SSSR count). The van der Waals surface area contributed by atoms with E-state index in [0.717, 1.165) is 37.9 Å². The number of carbonyl (C=O) groups excluding carboxylic acids is 1. The van der Waals surface area contributed by atoms with Crippen LogP contribution in [-0.2, 0) is 11.2 Å². The van der Waals surface area contributed by atoms with Crippen LogP contribution in [0, 0.1) is 12.8 Å². The van der Waals surface area contributed by atoms with Gasteiger partial charge >= 0.3 is 0 Å². The van der Waals surface area contributed by atoms with E-state index in [1.165, 1.54) is 11.3 Å². The van der Waals surface area contributed by atoms with Crippen molar-refractivity contribution in [2.45, 2.75) is 32.6 Å². The molecule has 0 N–H and O–H groups in total. The molecule has 23 heavy (non-hydrogen) atoms. The first-order valence-corrected chi connectivity index (χ1v) is 8.45. The fraction of sp³-hybridized carbons (Fsp3) is 0.400. The number of ketones is 1. The van der Waals surface area contributed by atoms with Gasteiger partial charge in [-0.1, -0.05) is 29.8 Å². The predicted octanol–water partition coefficient (Wildman–Crippen LogP) is 3.81. The molecule has 1 unspecified atom stereocenters. The SMILES string of the molecule is Cc1cccc(CC(=O)C2CCCN(c3ccncc3)CC2)c1. The summed E-state index contributed by atoms with van der Waals surface area (Å²) in [4.78, 5) is 19.1. The highest BCUT2D eigenvalue weighted by Gasteiger charge is 2.23. The lowest BCUT2D eigenvalue weighted by atomic mass is 9.91. The van der Waals surface area contributed by atoms with E-state index in [9.17, 15) is 4.79 Å². The summed E-state index contributed by atoms with van der Waals surface area (Å²) in [5.74, 6) is 0.592. The summed E-state index contributed by atoms with van der Waals surface area (Å²) >= 11 is 0. The van der Waals surface area contributed by atoms with E-state index < -0.39 is 0 Å². The molecule has 1 saturated heterocycles. The number of hydrogen-bond acceptors (Lipinski definition) is 3. The van der Waals surface area contributed by atoms with Crippen molar-refractivity contribution in [3.8, 4) is 0 Å². The van der Waals surface area contributed by atoms with Crippen molar-refractivity contribution < 1.29 is 4.79 Å². The average molecular weight is 308 g/mol. The van der Waals surface area contributed by atoms with Gasteiger partial charge in [0.15, 0.2) is 0 Å². The monoisotopic (exact) mass is 308 g/mol. The van der Waals surface area contributed by atoms with E-state index in [2.05, 4.69) is 47.1 Å². The fourth-order valence-electron chi connectivity index (χ4n) is 3.40. The third kappa shape index (κ3) is 4.19. The second-order valence-corrected chi connectivity index (χ2v) is 6.45. The number of carbonyl (C=O) groups is 1. The van der Waals surface area contributed by atoms with Crippen molar-refractivity contribution in [1.29, 1.82) is 0 Å². The van der Waals surface area contributed by atoms with E-state index in [-0.39, 0.29) is 5.92 Å². The van der Waals surface area contributed by atoms with Crippen LogP contribution in [0.25, 0.3) is 0 Å². The molecule has 0 radical (unpaired) electrons. The third-order valence-corrected chi connectivity index (χ3v) is 4.67. The van der Waals surface area contributed by atoms with Crippen LogP contribution in [0.15, 0.2) is 48.8 Å². The second-order valence-electron chi connectivity index (χ2n) is 6.45. The van der Waals surface area contributed by atoms with Gasteiger partial charge in [-0.25, -0.2) is 0 Å². The normalized spacial score (nSPS) is 18.5. The highest BCUT2D eigenvalue weighted by molar-refractivity contribution is 5.83. The Hall–Kier alpha value is -2.16. The molecule has 3 nitrogen and oxygen atoms in total. The Bertz CT molecular complexity index is 654. The average Bonchev–Trinajstić information content (AvgIpc) is 2.82. The van der Waals surface area contributed by atoms with Gasteiger partial charge in [-0.3, -0.25) is 9.78 Å². The first-order valence-electron chi connectivity index (χ1n) is 8.45. The predicted molar refractivity (Wildman–Crippen MR) is 93.7 cm³/mol. The summed E-state index contributed by atoms with van der Waals surface area (Å²) in [6, 6.07) is 12.4. The molecule has 1 fully saturated rings. The van der Waals surface area contributed by atoms with Crippen molar-refractivity contribution in [2.24, 2.45) is 5.92 Å². The minimum absolute atomic E-state index is 0.197. The number of hydrogen-bond donors (Lipinski definition) is 0. The minimum atomic E-state index is 0.197. The Morgan fingerprint density at radius 3 is 2.78 bits per heavy atom. The second kappa shape index (κ2) is 7.40. The molecule has 1 atom stereocenters. The zero-order valence-corrected chi connectivity index (χ0v) is 13.7. The highest BCUT2D eigenvalue weighted by Crippen LogP contribution is 2.24. The van der Waals surface area contributed by atoms with Gasteiger partial charge in [-0.15, -0.1) is 0 Å². The standard InChI is InChI=1S/C20H24N2O/c1-16-4-2-5-17(14-16)15-20(23)18-6-3-12-22(13-9-18)19-7-10-21-11-8-19/h2,4-5,7-8,10-11,14,18H,3,6,9,12-13,15H2,1H3. The van der Waals surface area contributed by atoms with Crippen LogP contribution >= 0.6 is 0 Å². The summed E-state index contributed by atoms with van der Waals surface area (Å²) in [6.45, 7) is 4.05. The number of Topliss-reactive ketones (excluding diaryl/α,β-unsaturated/α-hetero) is 1. The Morgan fingerprint density at radius 1 is 1.17 bits per heavy atom. The molecule has 0 bridgehead atoms. The van der Waals surface area contributed by atoms with Crippen molar-refractivity contribution >= 4 is 11.5 Å². The van der Waals surface area contributed by atoms with Gasteiger partial charge in [0.2, 0.25) is 0 Å². The molecular weight excluding hydrogens is 284 g/mol. The summed E-state index contributed by atoms with van der Waals surface area (Å²) in [5, 5.41) is 0. The number of anilines is 1. The fourth-order valence-corrected chi connectivity index (χ4v) is 3.40. The molecule has 1 aromatic heterocycles. The maximum Gasteiger partial charge on any atom is 0.140 e. The smallest absolute Gasteiger partial charge is 0.140 e. The van der Waals surface area contributed by atoms with Crippen LogP contribution < -0.4 is 4.90 Å². The van der Waals surface area contributed by atoms with E-state index in [1.54, 1.807) is 0 Å². The van der Waals surface area contributed by atoms with E-state index in [4.69, 9.17) is 0 Å². The van der Waals surface area contributed by atoms with Gasteiger partial charge in [0.05, 0.1) is 0 Å². The molecular formula is C20H24N2O. The van der Waals surface area contributed by atoms with Gasteiger partial charge < -0.3 is 4.90 Å².